The smallest absolute Gasteiger partial charge is 0.230 e. The number of amides is 1. The summed E-state index contributed by atoms with van der Waals surface area (Å²) in [6, 6.07) is 9.85. The Kier molecular flexibility index (Phi) is 6.78. The van der Waals surface area contributed by atoms with Crippen LogP contribution in [0.1, 0.15) is 22.6 Å². The van der Waals surface area contributed by atoms with Crippen molar-refractivity contribution >= 4 is 17.7 Å². The normalized spacial score (nSPS) is 10.2. The Morgan fingerprint density at radius 3 is 2.84 bits per heavy atom. The lowest BCUT2D eigenvalue weighted by Crippen LogP contribution is -2.29. The molecular formula is C18H20N4O2S. The quantitative estimate of drug-likeness (QED) is 0.466. The van der Waals surface area contributed by atoms with Crippen molar-refractivity contribution in [3.8, 4) is 11.8 Å². The Balaban J connectivity index is 1.77. The maximum Gasteiger partial charge on any atom is 0.230 e. The number of hydrogen-bond donors (Lipinski definition) is 1. The topological polar surface area (TPSA) is 87.9 Å². The van der Waals surface area contributed by atoms with Crippen molar-refractivity contribution in [2.24, 2.45) is 0 Å². The summed E-state index contributed by atoms with van der Waals surface area (Å²) in [6.07, 6.45) is 0. The molecule has 0 atom stereocenters. The number of rotatable bonds is 7. The fourth-order valence-electron chi connectivity index (χ4n) is 2.16. The van der Waals surface area contributed by atoms with E-state index in [9.17, 15) is 10.1 Å². The van der Waals surface area contributed by atoms with Gasteiger partial charge in [0.05, 0.1) is 18.0 Å². The molecule has 0 aliphatic heterocycles. The van der Waals surface area contributed by atoms with Crippen molar-refractivity contribution in [2.45, 2.75) is 25.8 Å². The highest BCUT2D eigenvalue weighted by Crippen LogP contribution is 2.21. The number of ether oxygens (including phenoxy) is 1. The van der Waals surface area contributed by atoms with Crippen LogP contribution in [-0.2, 0) is 4.79 Å². The Hall–Kier alpha value is -2.59. The molecule has 0 unspecified atom stereocenters. The van der Waals surface area contributed by atoms with Crippen molar-refractivity contribution < 1.29 is 9.53 Å². The fraction of sp³-hybridized carbons (Fsp3) is 0.333. The van der Waals surface area contributed by atoms with Gasteiger partial charge in [0.2, 0.25) is 5.91 Å². The van der Waals surface area contributed by atoms with Crippen molar-refractivity contribution in [3.05, 3.63) is 46.9 Å². The third-order valence-corrected chi connectivity index (χ3v) is 4.28. The van der Waals surface area contributed by atoms with Crippen LogP contribution in [0.2, 0.25) is 0 Å². The molecule has 1 heterocycles. The zero-order valence-electron chi connectivity index (χ0n) is 14.5. The Morgan fingerprint density at radius 2 is 2.12 bits per heavy atom. The van der Waals surface area contributed by atoms with Gasteiger partial charge in [-0.3, -0.25) is 4.79 Å². The van der Waals surface area contributed by atoms with Gasteiger partial charge in [-0.1, -0.05) is 23.9 Å². The van der Waals surface area contributed by atoms with E-state index < -0.39 is 0 Å². The van der Waals surface area contributed by atoms with E-state index in [1.807, 2.05) is 31.2 Å². The average Bonchev–Trinajstić information content (AvgIpc) is 2.56. The zero-order chi connectivity index (χ0) is 18.2. The van der Waals surface area contributed by atoms with Gasteiger partial charge in [-0.05, 0) is 38.5 Å². The van der Waals surface area contributed by atoms with Gasteiger partial charge in [0.15, 0.2) is 0 Å². The molecule has 2 aromatic rings. The second-order valence-electron chi connectivity index (χ2n) is 5.45. The van der Waals surface area contributed by atoms with Crippen LogP contribution < -0.4 is 10.1 Å². The van der Waals surface area contributed by atoms with Crippen LogP contribution in [-0.4, -0.2) is 34.8 Å². The van der Waals surface area contributed by atoms with E-state index in [2.05, 4.69) is 21.4 Å². The van der Waals surface area contributed by atoms with Gasteiger partial charge >= 0.3 is 0 Å². The van der Waals surface area contributed by atoms with Gasteiger partial charge in [-0.15, -0.1) is 0 Å². The lowest BCUT2D eigenvalue weighted by atomic mass is 10.2. The van der Waals surface area contributed by atoms with Gasteiger partial charge in [0.1, 0.15) is 34.8 Å². The van der Waals surface area contributed by atoms with Crippen LogP contribution >= 0.6 is 11.8 Å². The summed E-state index contributed by atoms with van der Waals surface area (Å²) >= 11 is 1.24. The van der Waals surface area contributed by atoms with Crippen LogP contribution in [0, 0.1) is 32.1 Å². The van der Waals surface area contributed by atoms with Crippen LogP contribution in [0.3, 0.4) is 0 Å². The molecule has 0 radical (unpaired) electrons. The second kappa shape index (κ2) is 9.04. The predicted octanol–water partition coefficient (Wildman–Crippen LogP) is 2.56. The van der Waals surface area contributed by atoms with Crippen LogP contribution in [0.25, 0.3) is 0 Å². The molecule has 7 heteroatoms. The van der Waals surface area contributed by atoms with E-state index in [0.29, 0.717) is 35.3 Å². The highest BCUT2D eigenvalue weighted by Gasteiger charge is 2.12. The van der Waals surface area contributed by atoms with E-state index in [-0.39, 0.29) is 11.7 Å². The molecule has 1 aromatic carbocycles. The number of nitriles is 1. The minimum absolute atomic E-state index is 0.129. The minimum atomic E-state index is -0.129. The Morgan fingerprint density at radius 1 is 1.32 bits per heavy atom. The Bertz CT molecular complexity index is 802. The first kappa shape index (κ1) is 18.7. The van der Waals surface area contributed by atoms with Crippen molar-refractivity contribution in [3.63, 3.8) is 0 Å². The van der Waals surface area contributed by atoms with Crippen LogP contribution in [0.15, 0.2) is 29.3 Å². The van der Waals surface area contributed by atoms with Crippen molar-refractivity contribution in [2.75, 3.05) is 18.9 Å². The maximum absolute atomic E-state index is 11.9. The summed E-state index contributed by atoms with van der Waals surface area (Å²) in [5.74, 6) is 1.44. The number of benzene rings is 1. The molecule has 130 valence electrons. The molecule has 0 aliphatic carbocycles. The van der Waals surface area contributed by atoms with E-state index >= 15 is 0 Å². The lowest BCUT2D eigenvalue weighted by molar-refractivity contribution is -0.118. The minimum Gasteiger partial charge on any atom is -0.492 e. The number of nitrogens with zero attached hydrogens (tertiary/aromatic N) is 3. The highest BCUT2D eigenvalue weighted by atomic mass is 32.2. The van der Waals surface area contributed by atoms with Gasteiger partial charge in [-0.25, -0.2) is 9.97 Å². The standard InChI is InChI=1S/C18H20N4O2S/c1-12-5-4-6-15(9-12)24-8-7-20-17(23)11-25-18-16(10-19)13(2)21-14(3)22-18/h4-6,9H,7-8,11H2,1-3H3,(H,20,23). The van der Waals surface area contributed by atoms with Gasteiger partial charge in [0, 0.05) is 0 Å². The van der Waals surface area contributed by atoms with Gasteiger partial charge in [-0.2, -0.15) is 5.26 Å². The molecule has 1 aromatic heterocycles. The van der Waals surface area contributed by atoms with E-state index in [1.165, 1.54) is 11.8 Å². The second-order valence-corrected chi connectivity index (χ2v) is 6.42. The average molecular weight is 356 g/mol. The molecule has 0 saturated carbocycles. The number of nitrogens with one attached hydrogen (secondary N) is 1. The molecule has 0 spiro atoms. The van der Waals surface area contributed by atoms with Crippen molar-refractivity contribution in [1.82, 2.24) is 15.3 Å². The fourth-order valence-corrected chi connectivity index (χ4v) is 3.07. The molecule has 25 heavy (non-hydrogen) atoms. The molecule has 1 amide bonds. The largest absolute Gasteiger partial charge is 0.492 e. The summed E-state index contributed by atoms with van der Waals surface area (Å²) in [4.78, 5) is 20.3. The number of aromatic nitrogens is 2. The molecule has 0 fully saturated rings. The summed E-state index contributed by atoms with van der Waals surface area (Å²) < 4.78 is 5.58. The maximum atomic E-state index is 11.9. The molecule has 6 nitrogen and oxygen atoms in total. The first-order valence-corrected chi connectivity index (χ1v) is 8.82. The zero-order valence-corrected chi connectivity index (χ0v) is 15.3. The third kappa shape index (κ3) is 5.76. The molecule has 0 aliphatic rings. The summed E-state index contributed by atoms with van der Waals surface area (Å²) in [6.45, 7) is 6.34. The number of thioether (sulfide) groups is 1. The molecule has 2 rings (SSSR count). The summed E-state index contributed by atoms with van der Waals surface area (Å²) in [5, 5.41) is 12.5. The van der Waals surface area contributed by atoms with Gasteiger partial charge in [0.25, 0.3) is 0 Å². The lowest BCUT2D eigenvalue weighted by Gasteiger charge is -2.09. The van der Waals surface area contributed by atoms with Gasteiger partial charge < -0.3 is 10.1 Å². The number of carbonyl (C=O) groups is 1. The predicted molar refractivity (Wildman–Crippen MR) is 96.6 cm³/mol. The summed E-state index contributed by atoms with van der Waals surface area (Å²) in [5.41, 5.74) is 2.18. The van der Waals surface area contributed by atoms with Crippen LogP contribution in [0.5, 0.6) is 5.75 Å². The monoisotopic (exact) mass is 356 g/mol. The van der Waals surface area contributed by atoms with Crippen LogP contribution in [0.4, 0.5) is 0 Å². The first-order chi connectivity index (χ1) is 12.0. The number of aryl methyl sites for hydroxylation is 3. The first-order valence-electron chi connectivity index (χ1n) is 7.84. The SMILES string of the molecule is Cc1cccc(OCCNC(=O)CSc2nc(C)nc(C)c2C#N)c1. The molecule has 0 bridgehead atoms. The summed E-state index contributed by atoms with van der Waals surface area (Å²) in [7, 11) is 0. The third-order valence-electron chi connectivity index (χ3n) is 3.30. The number of hydrogen-bond acceptors (Lipinski definition) is 6. The molecule has 1 N–H and O–H groups in total. The van der Waals surface area contributed by atoms with Crippen molar-refractivity contribution in [1.29, 1.82) is 5.26 Å². The van der Waals surface area contributed by atoms with E-state index in [1.54, 1.807) is 13.8 Å². The number of carbonyl (C=O) groups excluding carboxylic acids is 1. The van der Waals surface area contributed by atoms with E-state index in [4.69, 9.17) is 4.74 Å². The highest BCUT2D eigenvalue weighted by molar-refractivity contribution is 8.00. The van der Waals surface area contributed by atoms with E-state index in [0.717, 1.165) is 11.3 Å². The molecular weight excluding hydrogens is 336 g/mol. The Labute approximate surface area is 151 Å². The molecule has 0 saturated heterocycles.